The van der Waals surface area contributed by atoms with Gasteiger partial charge in [0.25, 0.3) is 5.56 Å². The van der Waals surface area contributed by atoms with Crippen LogP contribution in [0.15, 0.2) is 35.1 Å². The lowest BCUT2D eigenvalue weighted by molar-refractivity contribution is -0.132. The second-order valence-electron chi connectivity index (χ2n) is 9.39. The van der Waals surface area contributed by atoms with Crippen molar-refractivity contribution in [2.45, 2.75) is 45.4 Å². The van der Waals surface area contributed by atoms with Crippen LogP contribution in [0.5, 0.6) is 5.75 Å². The summed E-state index contributed by atoms with van der Waals surface area (Å²) in [6.07, 6.45) is -0.455. The smallest absolute Gasteiger partial charge is 0.264 e. The minimum atomic E-state index is -1.91. The van der Waals surface area contributed by atoms with Crippen molar-refractivity contribution >= 4 is 28.2 Å². The molecule has 2 fully saturated rings. The van der Waals surface area contributed by atoms with Crippen molar-refractivity contribution in [3.63, 3.8) is 0 Å². The second-order valence-corrected chi connectivity index (χ2v) is 9.39. The van der Waals surface area contributed by atoms with E-state index >= 15 is 0 Å². The summed E-state index contributed by atoms with van der Waals surface area (Å²) in [5, 5.41) is 0.0536. The summed E-state index contributed by atoms with van der Waals surface area (Å²) in [5.41, 5.74) is 7.10. The van der Waals surface area contributed by atoms with Gasteiger partial charge >= 0.3 is 0 Å². The van der Waals surface area contributed by atoms with Gasteiger partial charge in [0.05, 0.1) is 43.6 Å². The Morgan fingerprint density at radius 2 is 2.00 bits per heavy atom. The van der Waals surface area contributed by atoms with Crippen LogP contribution in [0.4, 0.5) is 10.1 Å². The van der Waals surface area contributed by atoms with Gasteiger partial charge in [-0.3, -0.25) is 23.9 Å². The van der Waals surface area contributed by atoms with Crippen LogP contribution >= 0.6 is 0 Å². The van der Waals surface area contributed by atoms with E-state index in [0.717, 1.165) is 23.2 Å². The normalized spacial score (nSPS) is 21.3. The van der Waals surface area contributed by atoms with Gasteiger partial charge in [-0.15, -0.1) is 0 Å². The molecule has 194 valence electrons. The number of rotatable bonds is 6. The molecule has 1 saturated heterocycles. The number of nitrogens with zero attached hydrogens (tertiary/aromatic N) is 3. The van der Waals surface area contributed by atoms with Crippen LogP contribution in [0, 0.1) is 12.7 Å². The molecule has 0 amide bonds. The largest absolute Gasteiger partial charge is 0.489 e. The molecule has 2 aliphatic rings. The predicted octanol–water partition coefficient (Wildman–Crippen LogP) is 2.70. The third-order valence-electron chi connectivity index (χ3n) is 6.76. The number of aryl methyl sites for hydroxylation is 1. The van der Waals surface area contributed by atoms with Crippen molar-refractivity contribution < 1.29 is 24.8 Å². The van der Waals surface area contributed by atoms with Crippen molar-refractivity contribution in [1.29, 1.82) is 0 Å². The topological polar surface area (TPSA) is 117 Å². The number of halogens is 1. The SMILES string of the molecule is [2H][C@]1(n2c(C)nc3cc(OCc4ccc(CN5CCOCC5)cc4F)cc(N)c3c2=O)CCC(=O)CC1=O. The Morgan fingerprint density at radius 3 is 2.73 bits per heavy atom. The number of carbonyl (C=O) groups is 2. The molecule has 9 nitrogen and oxygen atoms in total. The summed E-state index contributed by atoms with van der Waals surface area (Å²) in [4.78, 5) is 44.3. The van der Waals surface area contributed by atoms with Gasteiger partial charge in [0.2, 0.25) is 0 Å². The van der Waals surface area contributed by atoms with Crippen LogP contribution < -0.4 is 16.0 Å². The number of ether oxygens (including phenoxy) is 2. The predicted molar refractivity (Wildman–Crippen MR) is 135 cm³/mol. The van der Waals surface area contributed by atoms with Gasteiger partial charge in [0, 0.05) is 43.8 Å². The summed E-state index contributed by atoms with van der Waals surface area (Å²) in [7, 11) is 0. The van der Waals surface area contributed by atoms with Crippen molar-refractivity contribution in [3.05, 3.63) is 63.5 Å². The van der Waals surface area contributed by atoms with Gasteiger partial charge in [-0.1, -0.05) is 12.1 Å². The lowest BCUT2D eigenvalue weighted by Crippen LogP contribution is -2.36. The minimum Gasteiger partial charge on any atom is -0.489 e. The summed E-state index contributed by atoms with van der Waals surface area (Å²) in [6, 6.07) is 6.12. The van der Waals surface area contributed by atoms with E-state index < -0.39 is 17.4 Å². The molecule has 2 heterocycles. The Labute approximate surface area is 214 Å². The van der Waals surface area contributed by atoms with Crippen LogP contribution in [-0.2, 0) is 27.5 Å². The maximum atomic E-state index is 14.8. The number of hydrogen-bond acceptors (Lipinski definition) is 8. The third kappa shape index (κ3) is 5.26. The average molecular weight is 510 g/mol. The van der Waals surface area contributed by atoms with E-state index in [-0.39, 0.29) is 59.9 Å². The number of Topliss-reactive ketones (excluding diaryl/α,β-unsaturated/α-hetero) is 2. The standard InChI is InChI=1S/C27H29FN4O5/c1-16-30-23-13-20(12-22(29)26(23)27(35)32(16)24-5-4-19(33)11-25(24)34)37-15-18-3-2-17(10-21(18)28)14-31-6-8-36-9-7-31/h2-3,10,12-13,24H,4-9,11,14-15,29H2,1H3/t24-/m0/s1/i24D. The zero-order chi connectivity index (χ0) is 27.0. The molecule has 0 spiro atoms. The molecule has 0 unspecified atom stereocenters. The van der Waals surface area contributed by atoms with Gasteiger partial charge in [0.15, 0.2) is 5.78 Å². The molecule has 0 radical (unpaired) electrons. The number of morpholine rings is 1. The average Bonchev–Trinajstić information content (AvgIpc) is 2.86. The summed E-state index contributed by atoms with van der Waals surface area (Å²) >= 11 is 0. The number of carbonyl (C=O) groups excluding carboxylic acids is 2. The minimum absolute atomic E-state index is 0.0339. The number of hydrogen-bond donors (Lipinski definition) is 1. The lowest BCUT2D eigenvalue weighted by Gasteiger charge is -2.26. The number of nitrogen functional groups attached to an aromatic ring is 1. The van der Waals surface area contributed by atoms with E-state index in [9.17, 15) is 18.8 Å². The molecule has 2 N–H and O–H groups in total. The molecule has 3 aromatic rings. The maximum absolute atomic E-state index is 14.8. The first-order valence-electron chi connectivity index (χ1n) is 12.7. The van der Waals surface area contributed by atoms with E-state index in [1.165, 1.54) is 25.1 Å². The van der Waals surface area contributed by atoms with Crippen LogP contribution in [0.25, 0.3) is 10.9 Å². The highest BCUT2D eigenvalue weighted by molar-refractivity contribution is 6.03. The van der Waals surface area contributed by atoms with Gasteiger partial charge in [-0.2, -0.15) is 0 Å². The van der Waals surface area contributed by atoms with Crippen LogP contribution in [-0.4, -0.2) is 52.3 Å². The lowest BCUT2D eigenvalue weighted by atomic mass is 9.92. The number of benzene rings is 2. The van der Waals surface area contributed by atoms with E-state index in [1.54, 1.807) is 6.07 Å². The Morgan fingerprint density at radius 1 is 1.22 bits per heavy atom. The second kappa shape index (κ2) is 10.4. The fraction of sp³-hybridized carbons (Fsp3) is 0.407. The number of ketones is 2. The van der Waals surface area contributed by atoms with E-state index in [0.29, 0.717) is 31.1 Å². The number of aromatic nitrogens is 2. The van der Waals surface area contributed by atoms with Crippen LogP contribution in [0.1, 0.15) is 43.6 Å². The summed E-state index contributed by atoms with van der Waals surface area (Å²) in [5.74, 6) is -0.814. The van der Waals surface area contributed by atoms with E-state index in [2.05, 4.69) is 9.88 Å². The highest BCUT2D eigenvalue weighted by Crippen LogP contribution is 2.28. The molecule has 37 heavy (non-hydrogen) atoms. The van der Waals surface area contributed by atoms with E-state index in [1.807, 2.05) is 6.07 Å². The fourth-order valence-corrected chi connectivity index (χ4v) is 4.82. The molecule has 1 atom stereocenters. The van der Waals surface area contributed by atoms with Crippen molar-refractivity contribution in [2.75, 3.05) is 32.0 Å². The molecule has 10 heteroatoms. The maximum Gasteiger partial charge on any atom is 0.264 e. The monoisotopic (exact) mass is 509 g/mol. The zero-order valence-corrected chi connectivity index (χ0v) is 20.6. The summed E-state index contributed by atoms with van der Waals surface area (Å²) < 4.78 is 35.7. The number of nitrogens with two attached hydrogens (primary N) is 1. The van der Waals surface area contributed by atoms with Gasteiger partial charge in [-0.05, 0) is 25.0 Å². The van der Waals surface area contributed by atoms with Gasteiger partial charge < -0.3 is 15.2 Å². The molecular weight excluding hydrogens is 479 g/mol. The first kappa shape index (κ1) is 23.7. The van der Waals surface area contributed by atoms with Gasteiger partial charge in [-0.25, -0.2) is 9.37 Å². The Bertz CT molecular complexity index is 1490. The Kier molecular flexibility index (Phi) is 6.67. The van der Waals surface area contributed by atoms with Crippen molar-refractivity contribution in [2.24, 2.45) is 0 Å². The molecule has 1 aromatic heterocycles. The quantitative estimate of drug-likeness (QED) is 0.398. The van der Waals surface area contributed by atoms with Crippen LogP contribution in [0.2, 0.25) is 0 Å². The summed E-state index contributed by atoms with van der Waals surface area (Å²) in [6.45, 7) is 5.10. The van der Waals surface area contributed by atoms with E-state index in [4.69, 9.17) is 16.6 Å². The highest BCUT2D eigenvalue weighted by atomic mass is 19.1. The number of fused-ring (bicyclic) bond motifs is 1. The molecule has 0 bridgehead atoms. The first-order chi connectivity index (χ1) is 18.2. The Balaban J connectivity index is 1.37. The molecule has 1 aliphatic heterocycles. The molecule has 1 saturated carbocycles. The third-order valence-corrected chi connectivity index (χ3v) is 6.76. The van der Waals surface area contributed by atoms with Crippen molar-refractivity contribution in [3.8, 4) is 5.75 Å². The fourth-order valence-electron chi connectivity index (χ4n) is 4.82. The van der Waals surface area contributed by atoms with Crippen LogP contribution in [0.3, 0.4) is 0 Å². The molecule has 5 rings (SSSR count). The molecule has 2 aromatic carbocycles. The molecular formula is C27H29FN4O5. The number of anilines is 1. The van der Waals surface area contributed by atoms with Gasteiger partial charge in [0.1, 0.15) is 29.8 Å². The first-order valence-corrected chi connectivity index (χ1v) is 12.2. The highest BCUT2D eigenvalue weighted by Gasteiger charge is 2.31. The van der Waals surface area contributed by atoms with Crippen molar-refractivity contribution in [1.82, 2.24) is 14.5 Å². The zero-order valence-electron chi connectivity index (χ0n) is 21.6. The Hall–Kier alpha value is -3.63. The molecule has 1 aliphatic carbocycles.